The van der Waals surface area contributed by atoms with Crippen LogP contribution in [0.2, 0.25) is 0 Å². The summed E-state index contributed by atoms with van der Waals surface area (Å²) in [4.78, 5) is 4.29. The standard InChI is InChI=1S/C9H12N4OS/c1-5-6(2)14-8(10-5)4-13-7(3)11-12-9(13)15/h4H2,1-3H3,(H,12,15). The molecule has 6 heteroatoms. The van der Waals surface area contributed by atoms with Gasteiger partial charge in [0, 0.05) is 0 Å². The fourth-order valence-corrected chi connectivity index (χ4v) is 1.57. The van der Waals surface area contributed by atoms with Crippen molar-refractivity contribution in [2.45, 2.75) is 27.3 Å². The quantitative estimate of drug-likeness (QED) is 0.791. The first-order valence-electron chi connectivity index (χ1n) is 4.62. The van der Waals surface area contributed by atoms with Crippen LogP contribution in [0.1, 0.15) is 23.2 Å². The van der Waals surface area contributed by atoms with Gasteiger partial charge in [0.15, 0.2) is 4.77 Å². The number of nitrogens with one attached hydrogen (secondary N) is 1. The molecule has 0 saturated heterocycles. The monoisotopic (exact) mass is 224 g/mol. The van der Waals surface area contributed by atoms with Crippen LogP contribution in [-0.4, -0.2) is 19.7 Å². The molecule has 0 aliphatic rings. The van der Waals surface area contributed by atoms with Crippen molar-refractivity contribution in [3.05, 3.63) is 27.9 Å². The Kier molecular flexibility index (Phi) is 2.44. The summed E-state index contributed by atoms with van der Waals surface area (Å²) in [7, 11) is 0. The van der Waals surface area contributed by atoms with E-state index in [0.717, 1.165) is 17.3 Å². The minimum atomic E-state index is 0.524. The minimum absolute atomic E-state index is 0.524. The van der Waals surface area contributed by atoms with Gasteiger partial charge in [0.1, 0.15) is 18.1 Å². The van der Waals surface area contributed by atoms with Gasteiger partial charge >= 0.3 is 0 Å². The zero-order valence-corrected chi connectivity index (χ0v) is 9.68. The molecule has 0 unspecified atom stereocenters. The Morgan fingerprint density at radius 1 is 1.40 bits per heavy atom. The number of aromatic nitrogens is 4. The molecule has 15 heavy (non-hydrogen) atoms. The molecule has 0 radical (unpaired) electrons. The van der Waals surface area contributed by atoms with Gasteiger partial charge in [-0.3, -0.25) is 9.67 Å². The number of nitrogens with zero attached hydrogens (tertiary/aromatic N) is 3. The lowest BCUT2D eigenvalue weighted by Gasteiger charge is -1.98. The molecule has 0 aliphatic heterocycles. The van der Waals surface area contributed by atoms with E-state index in [0.29, 0.717) is 17.2 Å². The lowest BCUT2D eigenvalue weighted by atomic mass is 10.4. The highest BCUT2D eigenvalue weighted by atomic mass is 32.1. The molecule has 0 spiro atoms. The van der Waals surface area contributed by atoms with E-state index in [1.165, 1.54) is 0 Å². The molecule has 2 rings (SSSR count). The number of H-pyrrole nitrogens is 1. The Morgan fingerprint density at radius 3 is 2.60 bits per heavy atom. The maximum absolute atomic E-state index is 5.48. The Labute approximate surface area is 92.1 Å². The fraction of sp³-hybridized carbons (Fsp3) is 0.444. The summed E-state index contributed by atoms with van der Waals surface area (Å²) in [5, 5.41) is 6.74. The first-order chi connectivity index (χ1) is 7.08. The second kappa shape index (κ2) is 3.62. The third kappa shape index (κ3) is 1.85. The van der Waals surface area contributed by atoms with E-state index >= 15 is 0 Å². The second-order valence-corrected chi connectivity index (χ2v) is 3.80. The molecule has 0 fully saturated rings. The van der Waals surface area contributed by atoms with Crippen molar-refractivity contribution in [2.75, 3.05) is 0 Å². The van der Waals surface area contributed by atoms with Crippen LogP contribution >= 0.6 is 12.2 Å². The van der Waals surface area contributed by atoms with E-state index in [9.17, 15) is 0 Å². The summed E-state index contributed by atoms with van der Waals surface area (Å²) in [6.07, 6.45) is 0. The zero-order valence-electron chi connectivity index (χ0n) is 8.87. The van der Waals surface area contributed by atoms with Gasteiger partial charge in [0.25, 0.3) is 0 Å². The van der Waals surface area contributed by atoms with Crippen molar-refractivity contribution in [2.24, 2.45) is 0 Å². The van der Waals surface area contributed by atoms with Crippen molar-refractivity contribution < 1.29 is 4.42 Å². The van der Waals surface area contributed by atoms with Crippen molar-refractivity contribution in [1.29, 1.82) is 0 Å². The van der Waals surface area contributed by atoms with Crippen LogP contribution in [0.5, 0.6) is 0 Å². The van der Waals surface area contributed by atoms with Gasteiger partial charge in [-0.25, -0.2) is 4.98 Å². The van der Waals surface area contributed by atoms with E-state index in [4.69, 9.17) is 16.6 Å². The van der Waals surface area contributed by atoms with Crippen molar-refractivity contribution in [1.82, 2.24) is 19.7 Å². The summed E-state index contributed by atoms with van der Waals surface area (Å²) in [5.41, 5.74) is 0.915. The lowest BCUT2D eigenvalue weighted by Crippen LogP contribution is -2.02. The van der Waals surface area contributed by atoms with Gasteiger partial charge in [-0.1, -0.05) is 0 Å². The summed E-state index contributed by atoms with van der Waals surface area (Å²) < 4.78 is 7.91. The van der Waals surface area contributed by atoms with Gasteiger partial charge in [-0.15, -0.1) is 0 Å². The average Bonchev–Trinajstić information content (AvgIpc) is 2.64. The highest BCUT2D eigenvalue weighted by Crippen LogP contribution is 2.10. The predicted octanol–water partition coefficient (Wildman–Crippen LogP) is 1.90. The van der Waals surface area contributed by atoms with Crippen LogP contribution in [0.15, 0.2) is 4.42 Å². The minimum Gasteiger partial charge on any atom is -0.444 e. The first kappa shape index (κ1) is 10.1. The Hall–Kier alpha value is -1.43. The van der Waals surface area contributed by atoms with E-state index < -0.39 is 0 Å². The second-order valence-electron chi connectivity index (χ2n) is 3.41. The molecule has 0 amide bonds. The lowest BCUT2D eigenvalue weighted by molar-refractivity contribution is 0.453. The Bertz CT molecular complexity index is 517. The number of oxazole rings is 1. The van der Waals surface area contributed by atoms with Gasteiger partial charge in [0.05, 0.1) is 5.69 Å². The van der Waals surface area contributed by atoms with Crippen LogP contribution in [0.4, 0.5) is 0 Å². The van der Waals surface area contributed by atoms with Gasteiger partial charge in [0.2, 0.25) is 5.89 Å². The van der Waals surface area contributed by atoms with Gasteiger partial charge < -0.3 is 4.42 Å². The van der Waals surface area contributed by atoms with Crippen LogP contribution < -0.4 is 0 Å². The smallest absolute Gasteiger partial charge is 0.214 e. The Morgan fingerprint density at radius 2 is 2.13 bits per heavy atom. The zero-order chi connectivity index (χ0) is 11.0. The van der Waals surface area contributed by atoms with Crippen LogP contribution in [0, 0.1) is 25.5 Å². The van der Waals surface area contributed by atoms with E-state index in [2.05, 4.69) is 15.2 Å². The number of hydrogen-bond donors (Lipinski definition) is 1. The first-order valence-corrected chi connectivity index (χ1v) is 5.03. The molecule has 5 nitrogen and oxygen atoms in total. The number of hydrogen-bond acceptors (Lipinski definition) is 4. The molecule has 80 valence electrons. The predicted molar refractivity (Wildman–Crippen MR) is 57.2 cm³/mol. The van der Waals surface area contributed by atoms with Crippen molar-refractivity contribution in [3.63, 3.8) is 0 Å². The molecule has 0 saturated carbocycles. The largest absolute Gasteiger partial charge is 0.444 e. The molecule has 1 N–H and O–H groups in total. The average molecular weight is 224 g/mol. The normalized spacial score (nSPS) is 10.9. The highest BCUT2D eigenvalue weighted by Gasteiger charge is 2.08. The van der Waals surface area contributed by atoms with Crippen molar-refractivity contribution >= 4 is 12.2 Å². The summed E-state index contributed by atoms with van der Waals surface area (Å²) >= 11 is 5.09. The number of rotatable bonds is 2. The summed E-state index contributed by atoms with van der Waals surface area (Å²) in [6.45, 7) is 6.22. The Balaban J connectivity index is 2.33. The van der Waals surface area contributed by atoms with Crippen molar-refractivity contribution in [3.8, 4) is 0 Å². The fourth-order valence-electron chi connectivity index (χ4n) is 1.32. The van der Waals surface area contributed by atoms with Crippen LogP contribution in [0.25, 0.3) is 0 Å². The third-order valence-electron chi connectivity index (χ3n) is 2.32. The molecule has 0 aliphatic carbocycles. The molecule has 0 atom stereocenters. The summed E-state index contributed by atoms with van der Waals surface area (Å²) in [6, 6.07) is 0. The van der Waals surface area contributed by atoms with Gasteiger partial charge in [-0.2, -0.15) is 5.10 Å². The topological polar surface area (TPSA) is 59.6 Å². The van der Waals surface area contributed by atoms with Crippen LogP contribution in [-0.2, 0) is 6.54 Å². The molecule has 2 aromatic rings. The molecule has 2 aromatic heterocycles. The number of aryl methyl sites for hydroxylation is 3. The van der Waals surface area contributed by atoms with E-state index in [1.54, 1.807) is 0 Å². The molecule has 2 heterocycles. The highest BCUT2D eigenvalue weighted by molar-refractivity contribution is 7.71. The number of aromatic amines is 1. The van der Waals surface area contributed by atoms with Gasteiger partial charge in [-0.05, 0) is 33.0 Å². The molecule has 0 bridgehead atoms. The molecular weight excluding hydrogens is 212 g/mol. The maximum Gasteiger partial charge on any atom is 0.214 e. The molecular formula is C9H12N4OS. The van der Waals surface area contributed by atoms with E-state index in [1.807, 2.05) is 25.3 Å². The molecule has 0 aromatic carbocycles. The summed E-state index contributed by atoms with van der Waals surface area (Å²) in [5.74, 6) is 2.33. The SMILES string of the molecule is Cc1nc(Cn2c(C)n[nH]c2=S)oc1C. The van der Waals surface area contributed by atoms with E-state index in [-0.39, 0.29) is 0 Å². The maximum atomic E-state index is 5.48. The van der Waals surface area contributed by atoms with Crippen LogP contribution in [0.3, 0.4) is 0 Å². The third-order valence-corrected chi connectivity index (χ3v) is 2.63.